The van der Waals surface area contributed by atoms with Crippen LogP contribution in [0.25, 0.3) is 16.6 Å². The van der Waals surface area contributed by atoms with Crippen LogP contribution in [-0.4, -0.2) is 57.3 Å². The van der Waals surface area contributed by atoms with Gasteiger partial charge in [-0.15, -0.1) is 0 Å². The van der Waals surface area contributed by atoms with Gasteiger partial charge in [-0.3, -0.25) is 4.79 Å². The molecular weight excluding hydrogens is 555 g/mol. The van der Waals surface area contributed by atoms with Crippen LogP contribution in [0.15, 0.2) is 67.2 Å². The zero-order valence-electron chi connectivity index (χ0n) is 23.7. The predicted octanol–water partition coefficient (Wildman–Crippen LogP) is 5.08. The summed E-state index contributed by atoms with van der Waals surface area (Å²) >= 11 is 0. The van der Waals surface area contributed by atoms with Crippen LogP contribution in [0.2, 0.25) is 0 Å². The van der Waals surface area contributed by atoms with E-state index in [-0.39, 0.29) is 11.7 Å². The lowest BCUT2D eigenvalue weighted by molar-refractivity contribution is -0.114. The third-order valence-corrected chi connectivity index (χ3v) is 7.10. The van der Waals surface area contributed by atoms with Crippen molar-refractivity contribution in [2.24, 2.45) is 0 Å². The van der Waals surface area contributed by atoms with E-state index >= 15 is 0 Å². The molecule has 0 bridgehead atoms. The lowest BCUT2D eigenvalue weighted by Gasteiger charge is -2.17. The molecule has 13 heteroatoms. The smallest absolute Gasteiger partial charge is 0.284 e. The number of fused-ring (bicyclic) bond motifs is 2. The minimum Gasteiger partial charge on any atom is -0.494 e. The Labute approximate surface area is 245 Å². The SMILES string of the molecule is COc1cc2ncnc(Nc3cc(C)c(Oc4ccn5ncnc5c4)cc3OC)c2cc1NC(=O)/C(F)=C\C1CCCN1. The average molecular weight is 585 g/mol. The molecule has 43 heavy (non-hydrogen) atoms. The Bertz CT molecular complexity index is 1850. The lowest BCUT2D eigenvalue weighted by atomic mass is 10.1. The molecule has 1 fully saturated rings. The van der Waals surface area contributed by atoms with Gasteiger partial charge in [0.05, 0.1) is 31.1 Å². The van der Waals surface area contributed by atoms with E-state index in [0.717, 1.165) is 24.9 Å². The minimum absolute atomic E-state index is 0.166. The molecule has 1 aliphatic rings. The van der Waals surface area contributed by atoms with Gasteiger partial charge in [0.15, 0.2) is 11.5 Å². The number of anilines is 3. The highest BCUT2D eigenvalue weighted by molar-refractivity contribution is 6.05. The Kier molecular flexibility index (Phi) is 7.71. The zero-order valence-corrected chi connectivity index (χ0v) is 23.7. The molecule has 1 amide bonds. The van der Waals surface area contributed by atoms with Gasteiger partial charge >= 0.3 is 0 Å². The second-order valence-electron chi connectivity index (χ2n) is 9.93. The maximum absolute atomic E-state index is 14.7. The van der Waals surface area contributed by atoms with Crippen molar-refractivity contribution in [3.8, 4) is 23.0 Å². The van der Waals surface area contributed by atoms with Gasteiger partial charge in [-0.1, -0.05) is 0 Å². The van der Waals surface area contributed by atoms with Crippen LogP contribution in [-0.2, 0) is 4.79 Å². The van der Waals surface area contributed by atoms with E-state index in [2.05, 4.69) is 36.0 Å². The Morgan fingerprint density at radius 1 is 1.05 bits per heavy atom. The first-order valence-corrected chi connectivity index (χ1v) is 13.6. The van der Waals surface area contributed by atoms with Crippen LogP contribution in [0.5, 0.6) is 23.0 Å². The molecule has 12 nitrogen and oxygen atoms in total. The first-order valence-electron chi connectivity index (χ1n) is 13.6. The number of hydrogen-bond donors (Lipinski definition) is 3. The zero-order chi connectivity index (χ0) is 29.9. The molecule has 5 aromatic rings. The summed E-state index contributed by atoms with van der Waals surface area (Å²) in [6.45, 7) is 2.71. The van der Waals surface area contributed by atoms with Gasteiger partial charge in [-0.05, 0) is 56.1 Å². The summed E-state index contributed by atoms with van der Waals surface area (Å²) < 4.78 is 33.6. The molecule has 1 atom stereocenters. The van der Waals surface area contributed by atoms with Crippen LogP contribution < -0.4 is 30.2 Å². The number of pyridine rings is 1. The van der Waals surface area contributed by atoms with Crippen molar-refractivity contribution >= 4 is 39.6 Å². The number of carbonyl (C=O) groups excluding carboxylic acids is 1. The monoisotopic (exact) mass is 584 g/mol. The number of nitrogens with zero attached hydrogens (tertiary/aromatic N) is 5. The number of aryl methyl sites for hydroxylation is 1. The highest BCUT2D eigenvalue weighted by atomic mass is 19.1. The number of rotatable bonds is 9. The van der Waals surface area contributed by atoms with Crippen molar-refractivity contribution in [3.63, 3.8) is 0 Å². The number of halogens is 1. The quantitative estimate of drug-likeness (QED) is 0.201. The van der Waals surface area contributed by atoms with Crippen molar-refractivity contribution in [1.29, 1.82) is 0 Å². The maximum atomic E-state index is 14.7. The van der Waals surface area contributed by atoms with E-state index in [1.54, 1.807) is 48.2 Å². The highest BCUT2D eigenvalue weighted by Gasteiger charge is 2.19. The Morgan fingerprint density at radius 3 is 2.67 bits per heavy atom. The molecule has 2 aromatic carbocycles. The molecule has 220 valence electrons. The van der Waals surface area contributed by atoms with Gasteiger partial charge < -0.3 is 30.2 Å². The molecule has 4 heterocycles. The lowest BCUT2D eigenvalue weighted by Crippen LogP contribution is -2.21. The predicted molar refractivity (Wildman–Crippen MR) is 159 cm³/mol. The van der Waals surface area contributed by atoms with E-state index in [4.69, 9.17) is 14.2 Å². The average Bonchev–Trinajstić information content (AvgIpc) is 3.70. The fraction of sp³-hybridized carbons (Fsp3) is 0.233. The standard InChI is InChI=1S/C30H29FN8O4/c1-17-9-23(27(42-3)14-25(17)43-19-6-8-39-28(11-19)34-16-36-39)37-29-20-12-24(26(41-2)13-22(20)33-15-35-29)38-30(40)21(31)10-18-5-4-7-32-18/h6,8-16,18,32H,4-5,7H2,1-3H3,(H,38,40)(H,33,35,37)/b21-10+. The molecule has 1 aliphatic heterocycles. The van der Waals surface area contributed by atoms with Crippen molar-refractivity contribution in [2.75, 3.05) is 31.4 Å². The van der Waals surface area contributed by atoms with Crippen LogP contribution in [0.3, 0.4) is 0 Å². The number of benzene rings is 2. The van der Waals surface area contributed by atoms with Crippen molar-refractivity contribution in [3.05, 3.63) is 72.7 Å². The summed E-state index contributed by atoms with van der Waals surface area (Å²) in [6.07, 6.45) is 7.68. The first-order chi connectivity index (χ1) is 20.9. The van der Waals surface area contributed by atoms with Crippen LogP contribution in [0.4, 0.5) is 21.6 Å². The van der Waals surface area contributed by atoms with E-state index in [1.807, 2.05) is 13.0 Å². The van der Waals surface area contributed by atoms with E-state index < -0.39 is 11.7 Å². The van der Waals surface area contributed by atoms with E-state index in [0.29, 0.717) is 51.1 Å². The Hall–Kier alpha value is -5.30. The number of hydrogen-bond acceptors (Lipinski definition) is 10. The van der Waals surface area contributed by atoms with Crippen molar-refractivity contribution < 1.29 is 23.4 Å². The first kappa shape index (κ1) is 27.8. The highest BCUT2D eigenvalue weighted by Crippen LogP contribution is 2.39. The van der Waals surface area contributed by atoms with E-state index in [9.17, 15) is 9.18 Å². The van der Waals surface area contributed by atoms with Gasteiger partial charge in [0.2, 0.25) is 0 Å². The Morgan fingerprint density at radius 2 is 1.88 bits per heavy atom. The Balaban J connectivity index is 1.29. The van der Waals surface area contributed by atoms with E-state index in [1.165, 1.54) is 25.8 Å². The number of nitrogens with one attached hydrogen (secondary N) is 3. The molecule has 1 saturated heterocycles. The molecule has 1 unspecified atom stereocenters. The second-order valence-corrected chi connectivity index (χ2v) is 9.93. The van der Waals surface area contributed by atoms with Crippen molar-refractivity contribution in [2.45, 2.75) is 25.8 Å². The fourth-order valence-corrected chi connectivity index (χ4v) is 4.90. The summed E-state index contributed by atoms with van der Waals surface area (Å²) in [5, 5.41) is 13.8. The molecule has 0 saturated carbocycles. The van der Waals surface area contributed by atoms with Gasteiger partial charge in [0.25, 0.3) is 5.91 Å². The van der Waals surface area contributed by atoms with Crippen LogP contribution in [0.1, 0.15) is 18.4 Å². The van der Waals surface area contributed by atoms with Crippen molar-refractivity contribution in [1.82, 2.24) is 29.9 Å². The fourth-order valence-electron chi connectivity index (χ4n) is 4.90. The number of ether oxygens (including phenoxy) is 3. The van der Waals surface area contributed by atoms with Gasteiger partial charge in [0, 0.05) is 35.8 Å². The molecular formula is C30H29FN8O4. The number of carbonyl (C=O) groups is 1. The summed E-state index contributed by atoms with van der Waals surface area (Å²) in [6, 6.07) is 10.4. The number of amides is 1. The normalized spacial score (nSPS) is 15.1. The molecule has 3 N–H and O–H groups in total. The second kappa shape index (κ2) is 11.9. The maximum Gasteiger partial charge on any atom is 0.284 e. The molecule has 0 aliphatic carbocycles. The summed E-state index contributed by atoms with van der Waals surface area (Å²) in [5.74, 6) is 0.737. The van der Waals surface area contributed by atoms with Crippen LogP contribution >= 0.6 is 0 Å². The van der Waals surface area contributed by atoms with Gasteiger partial charge in [-0.2, -0.15) is 5.10 Å². The minimum atomic E-state index is -0.867. The molecule has 6 rings (SSSR count). The van der Waals surface area contributed by atoms with Gasteiger partial charge in [0.1, 0.15) is 41.5 Å². The molecule has 3 aromatic heterocycles. The van der Waals surface area contributed by atoms with Crippen LogP contribution in [0, 0.1) is 6.92 Å². The summed E-state index contributed by atoms with van der Waals surface area (Å²) in [7, 11) is 3.02. The summed E-state index contributed by atoms with van der Waals surface area (Å²) in [4.78, 5) is 25.7. The number of methoxy groups -OCH3 is 2. The third-order valence-electron chi connectivity index (χ3n) is 7.10. The molecule has 0 spiro atoms. The molecule has 0 radical (unpaired) electrons. The largest absolute Gasteiger partial charge is 0.494 e. The third kappa shape index (κ3) is 5.88. The van der Waals surface area contributed by atoms with Gasteiger partial charge in [-0.25, -0.2) is 23.9 Å². The topological polar surface area (TPSA) is 137 Å². The summed E-state index contributed by atoms with van der Waals surface area (Å²) in [5.41, 5.74) is 2.94. The number of aromatic nitrogens is 5.